The summed E-state index contributed by atoms with van der Waals surface area (Å²) in [5, 5.41) is 3.83. The van der Waals surface area contributed by atoms with E-state index in [2.05, 4.69) is 12.2 Å². The summed E-state index contributed by atoms with van der Waals surface area (Å²) in [4.78, 5) is 0. The van der Waals surface area contributed by atoms with Crippen LogP contribution < -0.4 is 5.32 Å². The Kier molecular flexibility index (Phi) is 4.84. The molecule has 1 N–H and O–H groups in total. The van der Waals surface area contributed by atoms with Crippen molar-refractivity contribution in [3.05, 3.63) is 0 Å². The van der Waals surface area contributed by atoms with Gasteiger partial charge in [0.2, 0.25) is 0 Å². The smallest absolute Gasteiger partial charge is 0.00683 e. The van der Waals surface area contributed by atoms with Gasteiger partial charge in [0.05, 0.1) is 0 Å². The standard InChI is InChI=1S/C18H33N/c1-14-7-9-15(10-8-14)18-6-4-2-3-5-16(18)13-19-17-11-12-17/h14-19H,2-13H2,1H3. The SMILES string of the molecule is CC1CCC(C2CCCCCC2CNC2CC2)CC1. The second kappa shape index (κ2) is 6.61. The van der Waals surface area contributed by atoms with Crippen LogP contribution in [0.15, 0.2) is 0 Å². The van der Waals surface area contributed by atoms with Gasteiger partial charge in [0, 0.05) is 6.04 Å². The molecule has 0 saturated heterocycles. The molecule has 110 valence electrons. The molecule has 0 aromatic rings. The van der Waals surface area contributed by atoms with Crippen LogP contribution in [0.5, 0.6) is 0 Å². The van der Waals surface area contributed by atoms with Gasteiger partial charge in [-0.2, -0.15) is 0 Å². The Bertz CT molecular complexity index is 263. The van der Waals surface area contributed by atoms with Gasteiger partial charge in [0.15, 0.2) is 0 Å². The van der Waals surface area contributed by atoms with Crippen molar-refractivity contribution < 1.29 is 0 Å². The monoisotopic (exact) mass is 263 g/mol. The van der Waals surface area contributed by atoms with Crippen LogP contribution in [0.1, 0.15) is 77.6 Å². The van der Waals surface area contributed by atoms with Gasteiger partial charge in [-0.05, 0) is 68.7 Å². The molecular formula is C18H33N. The van der Waals surface area contributed by atoms with Gasteiger partial charge in [-0.25, -0.2) is 0 Å². The zero-order valence-electron chi connectivity index (χ0n) is 12.9. The van der Waals surface area contributed by atoms with E-state index < -0.39 is 0 Å². The molecule has 0 spiro atoms. The average Bonchev–Trinajstić information content (AvgIpc) is 3.24. The molecule has 2 atom stereocenters. The third kappa shape index (κ3) is 3.97. The summed E-state index contributed by atoms with van der Waals surface area (Å²) in [6.07, 6.45) is 16.5. The first-order valence-electron chi connectivity index (χ1n) is 9.06. The maximum Gasteiger partial charge on any atom is 0.00683 e. The Balaban J connectivity index is 1.56. The zero-order valence-corrected chi connectivity index (χ0v) is 12.9. The van der Waals surface area contributed by atoms with Crippen molar-refractivity contribution in [3.63, 3.8) is 0 Å². The van der Waals surface area contributed by atoms with Gasteiger partial charge in [0.25, 0.3) is 0 Å². The molecule has 2 unspecified atom stereocenters. The second-order valence-electron chi connectivity index (χ2n) is 7.76. The average molecular weight is 263 g/mol. The minimum absolute atomic E-state index is 0.898. The molecule has 3 fully saturated rings. The van der Waals surface area contributed by atoms with E-state index in [1.54, 1.807) is 0 Å². The van der Waals surface area contributed by atoms with Crippen molar-refractivity contribution in [1.29, 1.82) is 0 Å². The fourth-order valence-corrected chi connectivity index (χ4v) is 4.61. The van der Waals surface area contributed by atoms with Gasteiger partial charge < -0.3 is 5.32 Å². The lowest BCUT2D eigenvalue weighted by Crippen LogP contribution is -2.34. The largest absolute Gasteiger partial charge is 0.314 e. The van der Waals surface area contributed by atoms with Crippen LogP contribution in [0, 0.1) is 23.7 Å². The second-order valence-corrected chi connectivity index (χ2v) is 7.76. The molecule has 0 aromatic carbocycles. The molecule has 0 radical (unpaired) electrons. The Morgan fingerprint density at radius 1 is 0.789 bits per heavy atom. The highest BCUT2D eigenvalue weighted by Crippen LogP contribution is 2.42. The van der Waals surface area contributed by atoms with E-state index in [0.29, 0.717) is 0 Å². The summed E-state index contributed by atoms with van der Waals surface area (Å²) in [5.41, 5.74) is 0. The number of nitrogens with one attached hydrogen (secondary N) is 1. The van der Waals surface area contributed by atoms with Crippen LogP contribution in [0.3, 0.4) is 0 Å². The van der Waals surface area contributed by atoms with Crippen molar-refractivity contribution in [3.8, 4) is 0 Å². The van der Waals surface area contributed by atoms with Crippen molar-refractivity contribution in [2.24, 2.45) is 23.7 Å². The topological polar surface area (TPSA) is 12.0 Å². The van der Waals surface area contributed by atoms with Crippen molar-refractivity contribution in [1.82, 2.24) is 5.32 Å². The Morgan fingerprint density at radius 3 is 2.26 bits per heavy atom. The van der Waals surface area contributed by atoms with Gasteiger partial charge >= 0.3 is 0 Å². The van der Waals surface area contributed by atoms with Crippen LogP contribution >= 0.6 is 0 Å². The van der Waals surface area contributed by atoms with Crippen LogP contribution in [-0.4, -0.2) is 12.6 Å². The third-order valence-corrected chi connectivity index (χ3v) is 6.13. The molecule has 3 rings (SSSR count). The molecule has 1 heteroatoms. The molecule has 0 aliphatic heterocycles. The maximum absolute atomic E-state index is 3.83. The first-order valence-corrected chi connectivity index (χ1v) is 9.06. The Labute approximate surface area is 119 Å². The van der Waals surface area contributed by atoms with E-state index in [0.717, 1.165) is 29.7 Å². The third-order valence-electron chi connectivity index (χ3n) is 6.13. The van der Waals surface area contributed by atoms with Crippen molar-refractivity contribution >= 4 is 0 Å². The maximum atomic E-state index is 3.83. The first kappa shape index (κ1) is 13.9. The lowest BCUT2D eigenvalue weighted by Gasteiger charge is -2.37. The number of hydrogen-bond donors (Lipinski definition) is 1. The summed E-state index contributed by atoms with van der Waals surface area (Å²) in [7, 11) is 0. The van der Waals surface area contributed by atoms with Gasteiger partial charge in [0.1, 0.15) is 0 Å². The molecule has 0 aromatic heterocycles. The minimum Gasteiger partial charge on any atom is -0.314 e. The summed E-state index contributed by atoms with van der Waals surface area (Å²) < 4.78 is 0. The minimum atomic E-state index is 0.898. The fraction of sp³-hybridized carbons (Fsp3) is 1.00. The van der Waals surface area contributed by atoms with E-state index in [-0.39, 0.29) is 0 Å². The predicted molar refractivity (Wildman–Crippen MR) is 82.2 cm³/mol. The lowest BCUT2D eigenvalue weighted by molar-refractivity contribution is 0.146. The van der Waals surface area contributed by atoms with E-state index in [1.165, 1.54) is 77.2 Å². The van der Waals surface area contributed by atoms with Crippen LogP contribution in [0.2, 0.25) is 0 Å². The van der Waals surface area contributed by atoms with E-state index >= 15 is 0 Å². The molecule has 0 heterocycles. The summed E-state index contributed by atoms with van der Waals surface area (Å²) in [6.45, 7) is 3.79. The fourth-order valence-electron chi connectivity index (χ4n) is 4.61. The van der Waals surface area contributed by atoms with Gasteiger partial charge in [-0.1, -0.05) is 39.0 Å². The molecule has 3 aliphatic carbocycles. The quantitative estimate of drug-likeness (QED) is 0.721. The number of hydrogen-bond acceptors (Lipinski definition) is 1. The van der Waals surface area contributed by atoms with Crippen LogP contribution in [0.25, 0.3) is 0 Å². The molecule has 3 saturated carbocycles. The van der Waals surface area contributed by atoms with Crippen molar-refractivity contribution in [2.45, 2.75) is 83.6 Å². The predicted octanol–water partition coefficient (Wildman–Crippen LogP) is 4.76. The molecule has 3 aliphatic rings. The highest BCUT2D eigenvalue weighted by Gasteiger charge is 2.33. The summed E-state index contributed by atoms with van der Waals surface area (Å²) >= 11 is 0. The van der Waals surface area contributed by atoms with E-state index in [9.17, 15) is 0 Å². The first-order chi connectivity index (χ1) is 9.33. The van der Waals surface area contributed by atoms with Crippen LogP contribution in [0.4, 0.5) is 0 Å². The normalized spacial score (nSPS) is 40.9. The highest BCUT2D eigenvalue weighted by atomic mass is 14.9. The molecule has 0 amide bonds. The zero-order chi connectivity index (χ0) is 13.1. The number of rotatable bonds is 4. The molecule has 19 heavy (non-hydrogen) atoms. The van der Waals surface area contributed by atoms with E-state index in [4.69, 9.17) is 0 Å². The van der Waals surface area contributed by atoms with E-state index in [1.807, 2.05) is 0 Å². The lowest BCUT2D eigenvalue weighted by atomic mass is 9.70. The highest BCUT2D eigenvalue weighted by molar-refractivity contribution is 4.87. The summed E-state index contributed by atoms with van der Waals surface area (Å²) in [5.74, 6) is 4.13. The Hall–Kier alpha value is -0.0400. The Morgan fingerprint density at radius 2 is 1.53 bits per heavy atom. The molecule has 0 bridgehead atoms. The van der Waals surface area contributed by atoms with Crippen molar-refractivity contribution in [2.75, 3.05) is 6.54 Å². The van der Waals surface area contributed by atoms with Crippen LogP contribution in [-0.2, 0) is 0 Å². The van der Waals surface area contributed by atoms with Gasteiger partial charge in [-0.3, -0.25) is 0 Å². The molecule has 1 nitrogen and oxygen atoms in total. The summed E-state index contributed by atoms with van der Waals surface area (Å²) in [6, 6.07) is 0.898. The molecular weight excluding hydrogens is 230 g/mol. The van der Waals surface area contributed by atoms with Gasteiger partial charge in [-0.15, -0.1) is 0 Å².